The highest BCUT2D eigenvalue weighted by atomic mass is 16.5. The molecule has 0 spiro atoms. The minimum Gasteiger partial charge on any atom is -0.497 e. The smallest absolute Gasteiger partial charge is 0.119 e. The van der Waals surface area contributed by atoms with Crippen molar-refractivity contribution in [3.05, 3.63) is 48.2 Å². The van der Waals surface area contributed by atoms with Crippen LogP contribution in [0.2, 0.25) is 0 Å². The summed E-state index contributed by atoms with van der Waals surface area (Å²) in [6.45, 7) is 2.17. The zero-order valence-electron chi connectivity index (χ0n) is 11.8. The van der Waals surface area contributed by atoms with Gasteiger partial charge in [-0.3, -0.25) is 4.98 Å². The fourth-order valence-corrected chi connectivity index (χ4v) is 2.73. The number of benzene rings is 1. The Morgan fingerprint density at radius 2 is 2.10 bits per heavy atom. The van der Waals surface area contributed by atoms with Gasteiger partial charge in [0.05, 0.1) is 12.8 Å². The van der Waals surface area contributed by atoms with Gasteiger partial charge in [0.1, 0.15) is 5.75 Å². The van der Waals surface area contributed by atoms with E-state index in [0.29, 0.717) is 5.92 Å². The molecule has 1 aromatic heterocycles. The van der Waals surface area contributed by atoms with Crippen LogP contribution < -0.4 is 10.1 Å². The normalized spacial score (nSPS) is 18.8. The van der Waals surface area contributed by atoms with E-state index in [1.807, 2.05) is 18.2 Å². The van der Waals surface area contributed by atoms with E-state index in [1.54, 1.807) is 7.11 Å². The Labute approximate surface area is 120 Å². The first-order chi connectivity index (χ1) is 9.86. The summed E-state index contributed by atoms with van der Waals surface area (Å²) in [7, 11) is 1.69. The predicted octanol–water partition coefficient (Wildman–Crippen LogP) is 3.22. The Morgan fingerprint density at radius 3 is 2.90 bits per heavy atom. The van der Waals surface area contributed by atoms with Gasteiger partial charge in [-0.1, -0.05) is 18.2 Å². The van der Waals surface area contributed by atoms with Gasteiger partial charge in [-0.15, -0.1) is 0 Å². The molecule has 1 fully saturated rings. The van der Waals surface area contributed by atoms with Gasteiger partial charge in [-0.2, -0.15) is 0 Å². The molecule has 3 rings (SSSR count). The van der Waals surface area contributed by atoms with E-state index < -0.39 is 0 Å². The third-order valence-electron chi connectivity index (χ3n) is 3.85. The number of rotatable bonds is 3. The predicted molar refractivity (Wildman–Crippen MR) is 81.1 cm³/mol. The van der Waals surface area contributed by atoms with Gasteiger partial charge >= 0.3 is 0 Å². The monoisotopic (exact) mass is 268 g/mol. The Bertz CT molecular complexity index is 577. The highest BCUT2D eigenvalue weighted by Crippen LogP contribution is 2.26. The molecular weight excluding hydrogens is 248 g/mol. The Kier molecular flexibility index (Phi) is 3.97. The molecule has 0 radical (unpaired) electrons. The van der Waals surface area contributed by atoms with Gasteiger partial charge in [0.25, 0.3) is 0 Å². The second-order valence-corrected chi connectivity index (χ2v) is 5.22. The topological polar surface area (TPSA) is 34.1 Å². The van der Waals surface area contributed by atoms with Crippen LogP contribution in [0, 0.1) is 0 Å². The maximum absolute atomic E-state index is 5.29. The molecule has 0 bridgehead atoms. The molecule has 104 valence electrons. The van der Waals surface area contributed by atoms with E-state index in [-0.39, 0.29) is 0 Å². The maximum atomic E-state index is 5.29. The van der Waals surface area contributed by atoms with E-state index in [1.165, 1.54) is 18.5 Å². The lowest BCUT2D eigenvalue weighted by atomic mass is 9.95. The van der Waals surface area contributed by atoms with Crippen LogP contribution in [0.1, 0.15) is 24.5 Å². The van der Waals surface area contributed by atoms with Crippen molar-refractivity contribution in [3.8, 4) is 17.0 Å². The number of nitrogens with one attached hydrogen (secondary N) is 1. The van der Waals surface area contributed by atoms with Crippen LogP contribution in [0.25, 0.3) is 11.3 Å². The number of pyridine rings is 1. The van der Waals surface area contributed by atoms with Crippen LogP contribution in [-0.2, 0) is 0 Å². The van der Waals surface area contributed by atoms with Crippen molar-refractivity contribution in [3.63, 3.8) is 0 Å². The fourth-order valence-electron chi connectivity index (χ4n) is 2.73. The molecule has 20 heavy (non-hydrogen) atoms. The molecule has 3 nitrogen and oxygen atoms in total. The summed E-state index contributed by atoms with van der Waals surface area (Å²) in [5.41, 5.74) is 3.32. The fraction of sp³-hybridized carbons (Fsp3) is 0.353. The van der Waals surface area contributed by atoms with Crippen LogP contribution in [0.4, 0.5) is 0 Å². The van der Waals surface area contributed by atoms with Crippen molar-refractivity contribution in [1.82, 2.24) is 10.3 Å². The van der Waals surface area contributed by atoms with Crippen LogP contribution in [-0.4, -0.2) is 25.2 Å². The highest BCUT2D eigenvalue weighted by molar-refractivity contribution is 5.61. The summed E-state index contributed by atoms with van der Waals surface area (Å²) in [4.78, 5) is 4.85. The molecule has 1 aliphatic heterocycles. The lowest BCUT2D eigenvalue weighted by molar-refractivity contribution is 0.415. The molecule has 2 aromatic rings. The van der Waals surface area contributed by atoms with Gasteiger partial charge < -0.3 is 10.1 Å². The SMILES string of the molecule is COc1cccc(-c2cccc([C@@H]3CCCNC3)n2)c1. The minimum absolute atomic E-state index is 0.536. The van der Waals surface area contributed by atoms with E-state index in [4.69, 9.17) is 9.72 Å². The summed E-state index contributed by atoms with van der Waals surface area (Å²) in [6.07, 6.45) is 2.46. The molecule has 0 unspecified atom stereocenters. The quantitative estimate of drug-likeness (QED) is 0.928. The average molecular weight is 268 g/mol. The third kappa shape index (κ3) is 2.83. The molecule has 0 aliphatic carbocycles. The van der Waals surface area contributed by atoms with Crippen LogP contribution in [0.5, 0.6) is 5.75 Å². The largest absolute Gasteiger partial charge is 0.497 e. The summed E-state index contributed by atoms with van der Waals surface area (Å²) in [5.74, 6) is 1.41. The minimum atomic E-state index is 0.536. The molecule has 0 saturated carbocycles. The highest BCUT2D eigenvalue weighted by Gasteiger charge is 2.16. The molecule has 1 atom stereocenters. The first-order valence-corrected chi connectivity index (χ1v) is 7.19. The van der Waals surface area contributed by atoms with Gasteiger partial charge in [0, 0.05) is 23.7 Å². The molecular formula is C17H20N2O. The third-order valence-corrected chi connectivity index (χ3v) is 3.85. The lowest BCUT2D eigenvalue weighted by Gasteiger charge is -2.22. The number of nitrogens with zero attached hydrogens (tertiary/aromatic N) is 1. The number of ether oxygens (including phenoxy) is 1. The van der Waals surface area contributed by atoms with Gasteiger partial charge in [0.15, 0.2) is 0 Å². The number of hydrogen-bond acceptors (Lipinski definition) is 3. The van der Waals surface area contributed by atoms with E-state index >= 15 is 0 Å². The van der Waals surface area contributed by atoms with Crippen LogP contribution in [0.15, 0.2) is 42.5 Å². The lowest BCUT2D eigenvalue weighted by Crippen LogP contribution is -2.28. The van der Waals surface area contributed by atoms with E-state index in [0.717, 1.165) is 30.1 Å². The second kappa shape index (κ2) is 6.06. The number of hydrogen-bond donors (Lipinski definition) is 1. The van der Waals surface area contributed by atoms with E-state index in [2.05, 4.69) is 29.6 Å². The molecule has 2 heterocycles. The van der Waals surface area contributed by atoms with Crippen molar-refractivity contribution in [2.45, 2.75) is 18.8 Å². The molecule has 1 saturated heterocycles. The first kappa shape index (κ1) is 13.1. The van der Waals surface area contributed by atoms with Crippen molar-refractivity contribution in [2.24, 2.45) is 0 Å². The number of aromatic nitrogens is 1. The summed E-state index contributed by atoms with van der Waals surface area (Å²) in [5, 5.41) is 3.45. The summed E-state index contributed by atoms with van der Waals surface area (Å²) >= 11 is 0. The summed E-state index contributed by atoms with van der Waals surface area (Å²) in [6, 6.07) is 14.4. The van der Waals surface area contributed by atoms with Gasteiger partial charge in [-0.25, -0.2) is 0 Å². The van der Waals surface area contributed by atoms with E-state index in [9.17, 15) is 0 Å². The Hall–Kier alpha value is -1.87. The van der Waals surface area contributed by atoms with Gasteiger partial charge in [0.2, 0.25) is 0 Å². The second-order valence-electron chi connectivity index (χ2n) is 5.22. The van der Waals surface area contributed by atoms with Crippen molar-refractivity contribution >= 4 is 0 Å². The number of methoxy groups -OCH3 is 1. The molecule has 1 N–H and O–H groups in total. The van der Waals surface area contributed by atoms with Crippen LogP contribution >= 0.6 is 0 Å². The van der Waals surface area contributed by atoms with Crippen molar-refractivity contribution < 1.29 is 4.74 Å². The Morgan fingerprint density at radius 1 is 1.20 bits per heavy atom. The molecule has 1 aliphatic rings. The number of piperidine rings is 1. The van der Waals surface area contributed by atoms with Crippen LogP contribution in [0.3, 0.4) is 0 Å². The molecule has 0 amide bonds. The maximum Gasteiger partial charge on any atom is 0.119 e. The standard InChI is InChI=1S/C17H20N2O/c1-20-15-7-2-5-13(11-15)16-8-3-9-17(19-16)14-6-4-10-18-12-14/h2-3,5,7-9,11,14,18H,4,6,10,12H2,1H3/t14-/m1/s1. The summed E-state index contributed by atoms with van der Waals surface area (Å²) < 4.78 is 5.29. The average Bonchev–Trinajstić information content (AvgIpc) is 2.56. The molecule has 1 aromatic carbocycles. The molecule has 3 heteroatoms. The Balaban J connectivity index is 1.89. The zero-order chi connectivity index (χ0) is 13.8. The zero-order valence-corrected chi connectivity index (χ0v) is 11.8. The first-order valence-electron chi connectivity index (χ1n) is 7.19. The van der Waals surface area contributed by atoms with Crippen molar-refractivity contribution in [2.75, 3.05) is 20.2 Å². The van der Waals surface area contributed by atoms with Crippen molar-refractivity contribution in [1.29, 1.82) is 0 Å². The van der Waals surface area contributed by atoms with Gasteiger partial charge in [-0.05, 0) is 43.7 Å².